The molecule has 1 atom stereocenters. The van der Waals surface area contributed by atoms with E-state index in [2.05, 4.69) is 41.6 Å². The number of cyclic esters (lactones) is 1. The van der Waals surface area contributed by atoms with E-state index < -0.39 is 20.3 Å². The number of nitrogens with one attached hydrogen (secondary N) is 1. The summed E-state index contributed by atoms with van der Waals surface area (Å²) in [6.07, 6.45) is -0.948. The zero-order valence-corrected chi connectivity index (χ0v) is 14.2. The van der Waals surface area contributed by atoms with Crippen molar-refractivity contribution >= 4 is 31.5 Å². The van der Waals surface area contributed by atoms with Crippen molar-refractivity contribution in [3.05, 3.63) is 34.3 Å². The molecule has 1 heterocycles. The molecular formula is C15H17ClN2O2Si. The molecule has 110 valence electrons. The van der Waals surface area contributed by atoms with E-state index >= 15 is 0 Å². The Hall–Kier alpha value is -1.77. The number of benzene rings is 1. The highest BCUT2D eigenvalue weighted by molar-refractivity contribution is 6.83. The molecule has 6 heteroatoms. The number of nitrogens with zero attached hydrogens (tertiary/aromatic N) is 1. The number of ether oxygens (including phenoxy) is 1. The van der Waals surface area contributed by atoms with Gasteiger partial charge in [0.25, 0.3) is 0 Å². The second kappa shape index (κ2) is 5.92. The quantitative estimate of drug-likeness (QED) is 0.637. The molecule has 0 aromatic heterocycles. The predicted octanol–water partition coefficient (Wildman–Crippen LogP) is 3.40. The van der Waals surface area contributed by atoms with Crippen LogP contribution in [0, 0.1) is 11.5 Å². The standard InChI is InChI=1S/C15H17ClN2O2Si/c1-10-14(17-18-15(19)20-10)12-5-6-13(16)11(9-12)7-8-21(2,3)4/h5-6,9-10H,1-4H3,(H,18,19)/t10-/m0/s1. The van der Waals surface area contributed by atoms with Crippen molar-refractivity contribution in [1.82, 2.24) is 5.43 Å². The van der Waals surface area contributed by atoms with Gasteiger partial charge in [0.2, 0.25) is 0 Å². The van der Waals surface area contributed by atoms with Crippen LogP contribution in [-0.4, -0.2) is 26.0 Å². The van der Waals surface area contributed by atoms with E-state index in [1.807, 2.05) is 12.1 Å². The zero-order chi connectivity index (χ0) is 15.6. The maximum atomic E-state index is 11.1. The topological polar surface area (TPSA) is 50.7 Å². The summed E-state index contributed by atoms with van der Waals surface area (Å²) in [5.74, 6) is 3.15. The second-order valence-electron chi connectivity index (χ2n) is 5.85. The van der Waals surface area contributed by atoms with Gasteiger partial charge in [0.05, 0.1) is 5.02 Å². The number of hydrazone groups is 1. The molecule has 0 spiro atoms. The molecule has 1 aliphatic rings. The van der Waals surface area contributed by atoms with Crippen LogP contribution >= 0.6 is 11.6 Å². The lowest BCUT2D eigenvalue weighted by molar-refractivity contribution is 0.127. The van der Waals surface area contributed by atoms with Crippen molar-refractivity contribution in [2.24, 2.45) is 5.10 Å². The molecule has 0 radical (unpaired) electrons. The first-order valence-electron chi connectivity index (χ1n) is 6.63. The number of hydrogen-bond donors (Lipinski definition) is 1. The van der Waals surface area contributed by atoms with Crippen molar-refractivity contribution in [2.45, 2.75) is 32.7 Å². The van der Waals surface area contributed by atoms with E-state index in [0.29, 0.717) is 10.7 Å². The smallest absolute Gasteiger partial charge is 0.428 e. The van der Waals surface area contributed by atoms with E-state index in [4.69, 9.17) is 16.3 Å². The number of amides is 1. The van der Waals surface area contributed by atoms with Crippen molar-refractivity contribution in [1.29, 1.82) is 0 Å². The van der Waals surface area contributed by atoms with E-state index in [0.717, 1.165) is 11.1 Å². The summed E-state index contributed by atoms with van der Waals surface area (Å²) in [5.41, 5.74) is 7.87. The van der Waals surface area contributed by atoms with Gasteiger partial charge in [-0.3, -0.25) is 0 Å². The van der Waals surface area contributed by atoms with Gasteiger partial charge in [0.15, 0.2) is 0 Å². The molecule has 0 fully saturated rings. The fourth-order valence-corrected chi connectivity index (χ4v) is 2.45. The van der Waals surface area contributed by atoms with Crippen LogP contribution in [0.4, 0.5) is 4.79 Å². The summed E-state index contributed by atoms with van der Waals surface area (Å²) in [7, 11) is -1.47. The summed E-state index contributed by atoms with van der Waals surface area (Å²) >= 11 is 6.20. The van der Waals surface area contributed by atoms with Gasteiger partial charge in [-0.15, -0.1) is 5.54 Å². The van der Waals surface area contributed by atoms with E-state index in [-0.39, 0.29) is 0 Å². The van der Waals surface area contributed by atoms with Gasteiger partial charge in [-0.05, 0) is 19.1 Å². The maximum absolute atomic E-state index is 11.1. The van der Waals surface area contributed by atoms with Crippen LogP contribution in [0.1, 0.15) is 18.1 Å². The number of carbonyl (C=O) groups excluding carboxylic acids is 1. The first-order chi connectivity index (χ1) is 9.76. The second-order valence-corrected chi connectivity index (χ2v) is 11.0. The lowest BCUT2D eigenvalue weighted by atomic mass is 10.0. The molecule has 1 N–H and O–H groups in total. The largest absolute Gasteiger partial charge is 0.439 e. The van der Waals surface area contributed by atoms with Crippen molar-refractivity contribution in [2.75, 3.05) is 0 Å². The minimum Gasteiger partial charge on any atom is -0.439 e. The molecule has 0 saturated heterocycles. The first-order valence-corrected chi connectivity index (χ1v) is 10.5. The highest BCUT2D eigenvalue weighted by Crippen LogP contribution is 2.20. The molecule has 0 aliphatic carbocycles. The molecule has 0 unspecified atom stereocenters. The van der Waals surface area contributed by atoms with Crippen LogP contribution in [-0.2, 0) is 4.74 Å². The molecule has 1 amide bonds. The van der Waals surface area contributed by atoms with Gasteiger partial charge in [0, 0.05) is 11.1 Å². The minimum absolute atomic E-state index is 0.405. The van der Waals surface area contributed by atoms with E-state index in [1.54, 1.807) is 13.0 Å². The van der Waals surface area contributed by atoms with Gasteiger partial charge in [-0.25, -0.2) is 10.2 Å². The third kappa shape index (κ3) is 4.10. The molecule has 1 aromatic rings. The number of hydrogen-bond acceptors (Lipinski definition) is 3. The molecule has 4 nitrogen and oxygen atoms in total. The number of carbonyl (C=O) groups is 1. The Kier molecular flexibility index (Phi) is 4.40. The van der Waals surface area contributed by atoms with Crippen LogP contribution in [0.15, 0.2) is 23.3 Å². The fraction of sp³-hybridized carbons (Fsp3) is 0.333. The SMILES string of the molecule is C[C@@H]1OC(=O)NN=C1c1ccc(Cl)c(C#C[Si](C)(C)C)c1. The Morgan fingerprint density at radius 3 is 2.71 bits per heavy atom. The van der Waals surface area contributed by atoms with Crippen LogP contribution in [0.5, 0.6) is 0 Å². The van der Waals surface area contributed by atoms with E-state index in [9.17, 15) is 4.79 Å². The fourth-order valence-electron chi connectivity index (χ4n) is 1.77. The van der Waals surface area contributed by atoms with Gasteiger partial charge >= 0.3 is 6.09 Å². The Morgan fingerprint density at radius 2 is 2.10 bits per heavy atom. The molecule has 21 heavy (non-hydrogen) atoms. The van der Waals surface area contributed by atoms with Crippen molar-refractivity contribution < 1.29 is 9.53 Å². The average Bonchev–Trinajstić information content (AvgIpc) is 2.37. The molecular weight excluding hydrogens is 304 g/mol. The lowest BCUT2D eigenvalue weighted by Crippen LogP contribution is -2.37. The van der Waals surface area contributed by atoms with Crippen LogP contribution in [0.3, 0.4) is 0 Å². The first kappa shape index (κ1) is 15.6. The summed E-state index contributed by atoms with van der Waals surface area (Å²) < 4.78 is 5.09. The molecule has 2 rings (SSSR count). The summed E-state index contributed by atoms with van der Waals surface area (Å²) in [6.45, 7) is 8.30. The molecule has 1 aromatic carbocycles. The Balaban J connectivity index is 2.39. The highest BCUT2D eigenvalue weighted by Gasteiger charge is 2.22. The number of rotatable bonds is 1. The normalized spacial score (nSPS) is 18.0. The summed E-state index contributed by atoms with van der Waals surface area (Å²) in [5, 5.41) is 4.66. The van der Waals surface area contributed by atoms with Crippen LogP contribution in [0.2, 0.25) is 24.7 Å². The lowest BCUT2D eigenvalue weighted by Gasteiger charge is -2.20. The zero-order valence-electron chi connectivity index (χ0n) is 12.5. The van der Waals surface area contributed by atoms with Crippen LogP contribution < -0.4 is 5.43 Å². The van der Waals surface area contributed by atoms with Crippen molar-refractivity contribution in [3.8, 4) is 11.5 Å². The molecule has 0 bridgehead atoms. The Labute approximate surface area is 130 Å². The monoisotopic (exact) mass is 320 g/mol. The van der Waals surface area contributed by atoms with Gasteiger partial charge in [-0.1, -0.05) is 43.2 Å². The predicted molar refractivity (Wildman–Crippen MR) is 87.3 cm³/mol. The minimum atomic E-state index is -1.47. The van der Waals surface area contributed by atoms with Gasteiger partial charge < -0.3 is 4.74 Å². The molecule has 0 saturated carbocycles. The molecule has 1 aliphatic heterocycles. The van der Waals surface area contributed by atoms with Crippen molar-refractivity contribution in [3.63, 3.8) is 0 Å². The number of halogens is 1. The summed E-state index contributed by atoms with van der Waals surface area (Å²) in [6, 6.07) is 5.51. The maximum Gasteiger partial charge on any atom is 0.428 e. The summed E-state index contributed by atoms with van der Waals surface area (Å²) in [4.78, 5) is 11.1. The third-order valence-electron chi connectivity index (χ3n) is 2.77. The highest BCUT2D eigenvalue weighted by atomic mass is 35.5. The Morgan fingerprint density at radius 1 is 1.38 bits per heavy atom. The third-order valence-corrected chi connectivity index (χ3v) is 3.98. The van der Waals surface area contributed by atoms with E-state index in [1.165, 1.54) is 0 Å². The van der Waals surface area contributed by atoms with Gasteiger partial charge in [-0.2, -0.15) is 5.10 Å². The van der Waals surface area contributed by atoms with Crippen LogP contribution in [0.25, 0.3) is 0 Å². The Bertz CT molecular complexity index is 668. The average molecular weight is 321 g/mol. The van der Waals surface area contributed by atoms with Gasteiger partial charge in [0.1, 0.15) is 19.9 Å².